The van der Waals surface area contributed by atoms with E-state index in [1.165, 1.54) is 18.2 Å². The third-order valence-corrected chi connectivity index (χ3v) is 6.35. The first-order chi connectivity index (χ1) is 13.3. The zero-order valence-electron chi connectivity index (χ0n) is 17.5. The van der Waals surface area contributed by atoms with E-state index in [1.54, 1.807) is 4.90 Å². The van der Waals surface area contributed by atoms with E-state index in [2.05, 4.69) is 29.0 Å². The fourth-order valence-electron chi connectivity index (χ4n) is 4.43. The Morgan fingerprint density at radius 2 is 2.00 bits per heavy atom. The van der Waals surface area contributed by atoms with Crippen LogP contribution in [0.15, 0.2) is 11.1 Å². The van der Waals surface area contributed by atoms with Crippen LogP contribution in [0, 0.1) is 25.7 Å². The summed E-state index contributed by atoms with van der Waals surface area (Å²) < 4.78 is 0. The number of piperidine rings is 1. The van der Waals surface area contributed by atoms with E-state index in [9.17, 15) is 9.59 Å². The lowest BCUT2D eigenvalue weighted by Crippen LogP contribution is -2.44. The highest BCUT2D eigenvalue weighted by Gasteiger charge is 2.29. The molecule has 2 aliphatic rings. The second-order valence-electron chi connectivity index (χ2n) is 8.41. The lowest BCUT2D eigenvalue weighted by Gasteiger charge is -2.35. The van der Waals surface area contributed by atoms with Crippen LogP contribution in [0.2, 0.25) is 0 Å². The summed E-state index contributed by atoms with van der Waals surface area (Å²) in [7, 11) is 0. The van der Waals surface area contributed by atoms with Crippen molar-refractivity contribution in [3.63, 3.8) is 0 Å². The predicted octanol–water partition coefficient (Wildman–Crippen LogP) is 2.62. The molecule has 154 valence electrons. The van der Waals surface area contributed by atoms with Crippen LogP contribution in [0.1, 0.15) is 37.9 Å². The number of aryl methyl sites for hydroxylation is 2. The number of amides is 2. The van der Waals surface area contributed by atoms with E-state index < -0.39 is 0 Å². The minimum atomic E-state index is -0.105. The van der Waals surface area contributed by atoms with Gasteiger partial charge in [0, 0.05) is 25.3 Å². The number of fused-ring (bicyclic) bond motifs is 1. The molecular weight excluding hydrogens is 372 g/mol. The first-order valence-corrected chi connectivity index (χ1v) is 11.2. The van der Waals surface area contributed by atoms with Gasteiger partial charge in [-0.15, -0.1) is 0 Å². The van der Waals surface area contributed by atoms with E-state index in [-0.39, 0.29) is 18.4 Å². The molecule has 0 radical (unpaired) electrons. The molecule has 1 fully saturated rings. The average Bonchev–Trinajstić information content (AvgIpc) is 2.60. The summed E-state index contributed by atoms with van der Waals surface area (Å²) in [5.41, 5.74) is 2.71. The highest BCUT2D eigenvalue weighted by molar-refractivity contribution is 8.00. The normalized spacial score (nSPS) is 22.9. The van der Waals surface area contributed by atoms with Crippen molar-refractivity contribution >= 4 is 29.3 Å². The minimum absolute atomic E-state index is 0.0299. The van der Waals surface area contributed by atoms with Crippen molar-refractivity contribution in [2.75, 3.05) is 43.4 Å². The van der Waals surface area contributed by atoms with Gasteiger partial charge in [-0.2, -0.15) is 0 Å². The number of nitrogens with zero attached hydrogens (tertiary/aromatic N) is 3. The lowest BCUT2D eigenvalue weighted by molar-refractivity contribution is -0.123. The summed E-state index contributed by atoms with van der Waals surface area (Å²) in [6.07, 6.45) is 2.25. The monoisotopic (exact) mass is 404 g/mol. The van der Waals surface area contributed by atoms with Crippen LogP contribution >= 0.6 is 11.8 Å². The number of carbonyl (C=O) groups excluding carboxylic acids is 2. The van der Waals surface area contributed by atoms with Gasteiger partial charge in [0.1, 0.15) is 11.6 Å². The average molecular weight is 405 g/mol. The van der Waals surface area contributed by atoms with E-state index in [1.807, 2.05) is 19.9 Å². The van der Waals surface area contributed by atoms with Gasteiger partial charge >= 0.3 is 0 Å². The summed E-state index contributed by atoms with van der Waals surface area (Å²) in [6, 6.07) is 1.96. The molecule has 6 nitrogen and oxygen atoms in total. The smallest absolute Gasteiger partial charge is 0.240 e. The fraction of sp³-hybridized carbons (Fsp3) is 0.667. The summed E-state index contributed by atoms with van der Waals surface area (Å²) >= 11 is 1.45. The molecule has 1 aromatic rings. The van der Waals surface area contributed by atoms with Gasteiger partial charge in [-0.25, -0.2) is 4.98 Å². The van der Waals surface area contributed by atoms with Crippen LogP contribution in [0.3, 0.4) is 0 Å². The quantitative estimate of drug-likeness (QED) is 0.739. The molecule has 0 aliphatic carbocycles. The van der Waals surface area contributed by atoms with Crippen molar-refractivity contribution in [3.05, 3.63) is 17.3 Å². The van der Waals surface area contributed by atoms with Gasteiger partial charge < -0.3 is 10.2 Å². The number of hydrogen-bond donors (Lipinski definition) is 1. The van der Waals surface area contributed by atoms with Crippen molar-refractivity contribution in [3.8, 4) is 0 Å². The predicted molar refractivity (Wildman–Crippen MR) is 114 cm³/mol. The second-order valence-corrected chi connectivity index (χ2v) is 9.38. The van der Waals surface area contributed by atoms with Gasteiger partial charge in [0.25, 0.3) is 0 Å². The fourth-order valence-corrected chi connectivity index (χ4v) is 5.46. The lowest BCUT2D eigenvalue weighted by atomic mass is 9.92. The molecule has 0 spiro atoms. The van der Waals surface area contributed by atoms with Gasteiger partial charge in [-0.1, -0.05) is 25.6 Å². The van der Waals surface area contributed by atoms with Gasteiger partial charge in [-0.3, -0.25) is 14.5 Å². The maximum Gasteiger partial charge on any atom is 0.240 e. The Balaban J connectivity index is 1.49. The molecule has 1 N–H and O–H groups in total. The summed E-state index contributed by atoms with van der Waals surface area (Å²) in [4.78, 5) is 33.5. The van der Waals surface area contributed by atoms with Crippen LogP contribution < -0.4 is 10.2 Å². The Hall–Kier alpha value is -1.60. The molecule has 28 heavy (non-hydrogen) atoms. The van der Waals surface area contributed by atoms with Crippen LogP contribution in [0.5, 0.6) is 0 Å². The number of thioether (sulfide) groups is 1. The number of anilines is 1. The Morgan fingerprint density at radius 1 is 1.29 bits per heavy atom. The largest absolute Gasteiger partial charge is 0.355 e. The van der Waals surface area contributed by atoms with Gasteiger partial charge in [0.15, 0.2) is 0 Å². The number of aromatic nitrogens is 1. The summed E-state index contributed by atoms with van der Waals surface area (Å²) in [5, 5.41) is 3.83. The van der Waals surface area contributed by atoms with Gasteiger partial charge in [-0.05, 0) is 56.7 Å². The Morgan fingerprint density at radius 3 is 2.71 bits per heavy atom. The molecule has 2 amide bonds. The van der Waals surface area contributed by atoms with Crippen LogP contribution in [0.25, 0.3) is 0 Å². The second kappa shape index (κ2) is 9.27. The molecule has 1 aromatic heterocycles. The molecule has 0 unspecified atom stereocenters. The molecule has 3 heterocycles. The molecule has 7 heteroatoms. The van der Waals surface area contributed by atoms with Crippen molar-refractivity contribution in [2.24, 2.45) is 11.8 Å². The molecule has 0 aromatic carbocycles. The molecular formula is C21H32N4O2S. The van der Waals surface area contributed by atoms with E-state index >= 15 is 0 Å². The third-order valence-electron chi connectivity index (χ3n) is 5.40. The van der Waals surface area contributed by atoms with E-state index in [4.69, 9.17) is 0 Å². The Kier molecular flexibility index (Phi) is 6.99. The SMILES string of the molecule is Cc1cc(C)c2c(n1)SCC(=O)N2CC(=O)NCCCN1C[C@H](C)C[C@H](C)C1. The first kappa shape index (κ1) is 21.1. The molecule has 2 aliphatic heterocycles. The molecule has 2 atom stereocenters. The Labute approximate surface area is 172 Å². The van der Waals surface area contributed by atoms with Gasteiger partial charge in [0.2, 0.25) is 11.8 Å². The van der Waals surface area contributed by atoms with Crippen molar-refractivity contribution in [2.45, 2.75) is 45.6 Å². The van der Waals surface area contributed by atoms with Gasteiger partial charge in [0.05, 0.1) is 11.4 Å². The number of hydrogen-bond acceptors (Lipinski definition) is 5. The highest BCUT2D eigenvalue weighted by atomic mass is 32.2. The molecule has 0 bridgehead atoms. The zero-order valence-corrected chi connectivity index (χ0v) is 18.3. The van der Waals surface area contributed by atoms with Crippen LogP contribution in [-0.4, -0.2) is 60.2 Å². The molecule has 3 rings (SSSR count). The van der Waals surface area contributed by atoms with E-state index in [0.29, 0.717) is 12.3 Å². The topological polar surface area (TPSA) is 65.5 Å². The number of likely N-dealkylation sites (tertiary alicyclic amines) is 1. The number of pyridine rings is 1. The summed E-state index contributed by atoms with van der Waals surface area (Å²) in [6.45, 7) is 12.6. The number of carbonyl (C=O) groups is 2. The summed E-state index contributed by atoms with van der Waals surface area (Å²) in [5.74, 6) is 1.70. The maximum absolute atomic E-state index is 12.5. The van der Waals surface area contributed by atoms with Crippen LogP contribution in [0.4, 0.5) is 5.69 Å². The third kappa shape index (κ3) is 5.26. The maximum atomic E-state index is 12.5. The Bertz CT molecular complexity index is 729. The highest BCUT2D eigenvalue weighted by Crippen LogP contribution is 2.36. The molecule has 0 saturated carbocycles. The van der Waals surface area contributed by atoms with E-state index in [0.717, 1.165) is 59.9 Å². The standard InChI is InChI=1S/C21H32N4O2S/c1-14-8-15(2)11-24(10-14)7-5-6-22-18(26)12-25-19(27)13-28-21-20(25)16(3)9-17(4)23-21/h9,14-15H,5-8,10-13H2,1-4H3,(H,22,26)/t14-,15+. The zero-order chi connectivity index (χ0) is 20.3. The first-order valence-electron chi connectivity index (χ1n) is 10.2. The minimum Gasteiger partial charge on any atom is -0.355 e. The molecule has 1 saturated heterocycles. The van der Waals surface area contributed by atoms with Crippen molar-refractivity contribution in [1.29, 1.82) is 0 Å². The number of nitrogens with one attached hydrogen (secondary N) is 1. The van der Waals surface area contributed by atoms with Crippen molar-refractivity contribution < 1.29 is 9.59 Å². The van der Waals surface area contributed by atoms with Crippen molar-refractivity contribution in [1.82, 2.24) is 15.2 Å². The van der Waals surface area contributed by atoms with Crippen LogP contribution in [-0.2, 0) is 9.59 Å². The number of rotatable bonds is 6.